The number of carbonyl (C=O) groups is 1. The molecule has 0 saturated heterocycles. The number of benzene rings is 2. The van der Waals surface area contributed by atoms with E-state index in [0.29, 0.717) is 12.3 Å². The molecule has 1 nitrogen and oxygen atoms in total. The summed E-state index contributed by atoms with van der Waals surface area (Å²) in [5.41, 5.74) is 3.54. The van der Waals surface area contributed by atoms with Crippen molar-refractivity contribution in [1.82, 2.24) is 0 Å². The number of allylic oxidation sites excluding steroid dienone is 2. The molecule has 0 saturated carbocycles. The first-order valence-electron chi connectivity index (χ1n) is 6.76. The summed E-state index contributed by atoms with van der Waals surface area (Å²) in [6, 6.07) is 18.5. The minimum absolute atomic E-state index is 0.225. The van der Waals surface area contributed by atoms with E-state index in [1.54, 1.807) is 0 Å². The Kier molecular flexibility index (Phi) is 3.83. The summed E-state index contributed by atoms with van der Waals surface area (Å²) in [4.78, 5) is 12.0. The van der Waals surface area contributed by atoms with E-state index in [4.69, 9.17) is 0 Å². The van der Waals surface area contributed by atoms with Crippen molar-refractivity contribution in [1.29, 1.82) is 0 Å². The SMILES string of the molecule is O=C1C=C(c2ccc(Br)cc2)CC(c2ccccc2)C1. The largest absolute Gasteiger partial charge is 0.295 e. The number of halogens is 1. The highest BCUT2D eigenvalue weighted by Crippen LogP contribution is 2.36. The second-order valence-electron chi connectivity index (χ2n) is 5.16. The Morgan fingerprint density at radius 2 is 1.60 bits per heavy atom. The predicted octanol–water partition coefficient (Wildman–Crippen LogP) is 4.98. The van der Waals surface area contributed by atoms with E-state index in [-0.39, 0.29) is 5.78 Å². The standard InChI is InChI=1S/C18H15BrO/c19-17-8-6-14(7-9-17)16-10-15(11-18(20)12-16)13-4-2-1-3-5-13/h1-9,12,15H,10-11H2. The van der Waals surface area contributed by atoms with Gasteiger partial charge in [0.1, 0.15) is 0 Å². The Hall–Kier alpha value is -1.67. The maximum absolute atomic E-state index is 12.0. The molecule has 0 aromatic heterocycles. The summed E-state index contributed by atoms with van der Waals surface area (Å²) < 4.78 is 1.06. The van der Waals surface area contributed by atoms with E-state index in [1.807, 2.05) is 36.4 Å². The van der Waals surface area contributed by atoms with Gasteiger partial charge in [-0.2, -0.15) is 0 Å². The highest BCUT2D eigenvalue weighted by molar-refractivity contribution is 9.10. The third-order valence-electron chi connectivity index (χ3n) is 3.74. The monoisotopic (exact) mass is 326 g/mol. The number of ketones is 1. The van der Waals surface area contributed by atoms with Crippen LogP contribution in [0.3, 0.4) is 0 Å². The molecule has 0 radical (unpaired) electrons. The Bertz CT molecular complexity index is 641. The van der Waals surface area contributed by atoms with Crippen molar-refractivity contribution in [2.75, 3.05) is 0 Å². The smallest absolute Gasteiger partial charge is 0.156 e. The first-order valence-corrected chi connectivity index (χ1v) is 7.56. The lowest BCUT2D eigenvalue weighted by Gasteiger charge is -2.22. The number of carbonyl (C=O) groups excluding carboxylic acids is 1. The van der Waals surface area contributed by atoms with Gasteiger partial charge in [0.25, 0.3) is 0 Å². The van der Waals surface area contributed by atoms with Gasteiger partial charge in [0.05, 0.1) is 0 Å². The first-order chi connectivity index (χ1) is 9.72. The molecule has 100 valence electrons. The van der Waals surface area contributed by atoms with Crippen molar-refractivity contribution in [2.45, 2.75) is 18.8 Å². The normalized spacial score (nSPS) is 18.8. The van der Waals surface area contributed by atoms with Crippen LogP contribution < -0.4 is 0 Å². The lowest BCUT2D eigenvalue weighted by molar-refractivity contribution is -0.115. The summed E-state index contributed by atoms with van der Waals surface area (Å²) in [5.74, 6) is 0.523. The molecule has 1 aliphatic rings. The maximum Gasteiger partial charge on any atom is 0.156 e. The van der Waals surface area contributed by atoms with Crippen LogP contribution in [0.25, 0.3) is 5.57 Å². The summed E-state index contributed by atoms with van der Waals surface area (Å²) >= 11 is 3.44. The van der Waals surface area contributed by atoms with Crippen LogP contribution in [-0.4, -0.2) is 5.78 Å². The minimum atomic E-state index is 0.225. The summed E-state index contributed by atoms with van der Waals surface area (Å²) in [6.07, 6.45) is 3.35. The lowest BCUT2D eigenvalue weighted by atomic mass is 9.81. The van der Waals surface area contributed by atoms with Crippen molar-refractivity contribution >= 4 is 27.3 Å². The molecule has 0 amide bonds. The highest BCUT2D eigenvalue weighted by Gasteiger charge is 2.22. The van der Waals surface area contributed by atoms with Crippen LogP contribution in [-0.2, 0) is 4.79 Å². The van der Waals surface area contributed by atoms with E-state index in [1.165, 1.54) is 5.56 Å². The van der Waals surface area contributed by atoms with E-state index < -0.39 is 0 Å². The Morgan fingerprint density at radius 1 is 0.900 bits per heavy atom. The second-order valence-corrected chi connectivity index (χ2v) is 6.07. The predicted molar refractivity (Wildman–Crippen MR) is 85.5 cm³/mol. The van der Waals surface area contributed by atoms with Crippen molar-refractivity contribution < 1.29 is 4.79 Å². The van der Waals surface area contributed by atoms with Crippen molar-refractivity contribution in [3.05, 3.63) is 76.3 Å². The van der Waals surface area contributed by atoms with Crippen LogP contribution in [0.1, 0.15) is 29.9 Å². The minimum Gasteiger partial charge on any atom is -0.295 e. The average molecular weight is 327 g/mol. The van der Waals surface area contributed by atoms with Gasteiger partial charge in [-0.05, 0) is 47.2 Å². The van der Waals surface area contributed by atoms with Gasteiger partial charge < -0.3 is 0 Å². The molecule has 0 aliphatic heterocycles. The summed E-state index contributed by atoms with van der Waals surface area (Å²) in [6.45, 7) is 0. The maximum atomic E-state index is 12.0. The van der Waals surface area contributed by atoms with Gasteiger partial charge in [-0.1, -0.05) is 58.4 Å². The third-order valence-corrected chi connectivity index (χ3v) is 4.26. The molecule has 0 bridgehead atoms. The van der Waals surface area contributed by atoms with Gasteiger partial charge in [0.2, 0.25) is 0 Å². The molecule has 2 aromatic carbocycles. The van der Waals surface area contributed by atoms with Gasteiger partial charge in [-0.25, -0.2) is 0 Å². The zero-order valence-electron chi connectivity index (χ0n) is 11.1. The Labute approximate surface area is 127 Å². The van der Waals surface area contributed by atoms with Crippen LogP contribution in [0.5, 0.6) is 0 Å². The van der Waals surface area contributed by atoms with Gasteiger partial charge in [0, 0.05) is 10.9 Å². The highest BCUT2D eigenvalue weighted by atomic mass is 79.9. The Balaban J connectivity index is 1.89. The molecule has 2 heteroatoms. The molecule has 0 fully saturated rings. The molecular formula is C18H15BrO. The number of rotatable bonds is 2. The molecule has 1 aliphatic carbocycles. The fourth-order valence-electron chi connectivity index (χ4n) is 2.72. The molecule has 1 atom stereocenters. The van der Waals surface area contributed by atoms with E-state index >= 15 is 0 Å². The van der Waals surface area contributed by atoms with Crippen LogP contribution >= 0.6 is 15.9 Å². The van der Waals surface area contributed by atoms with E-state index in [2.05, 4.69) is 40.2 Å². The van der Waals surface area contributed by atoms with Crippen LogP contribution in [0, 0.1) is 0 Å². The quantitative estimate of drug-likeness (QED) is 0.760. The molecule has 20 heavy (non-hydrogen) atoms. The number of hydrogen-bond donors (Lipinski definition) is 0. The van der Waals surface area contributed by atoms with Crippen molar-refractivity contribution in [3.63, 3.8) is 0 Å². The second kappa shape index (κ2) is 5.76. The van der Waals surface area contributed by atoms with Gasteiger partial charge in [-0.3, -0.25) is 4.79 Å². The molecule has 3 rings (SSSR count). The molecule has 0 heterocycles. The zero-order valence-corrected chi connectivity index (χ0v) is 12.6. The average Bonchev–Trinajstić information content (AvgIpc) is 2.48. The molecule has 2 aromatic rings. The fraction of sp³-hybridized carbons (Fsp3) is 0.167. The lowest BCUT2D eigenvalue weighted by Crippen LogP contribution is -2.12. The summed E-state index contributed by atoms with van der Waals surface area (Å²) in [7, 11) is 0. The molecule has 0 spiro atoms. The van der Waals surface area contributed by atoms with Crippen LogP contribution in [0.4, 0.5) is 0 Å². The fourth-order valence-corrected chi connectivity index (χ4v) is 2.98. The van der Waals surface area contributed by atoms with Gasteiger partial charge >= 0.3 is 0 Å². The van der Waals surface area contributed by atoms with Crippen LogP contribution in [0.15, 0.2) is 65.1 Å². The topological polar surface area (TPSA) is 17.1 Å². The number of hydrogen-bond acceptors (Lipinski definition) is 1. The van der Waals surface area contributed by atoms with Crippen LogP contribution in [0.2, 0.25) is 0 Å². The Morgan fingerprint density at radius 3 is 2.30 bits per heavy atom. The molecule has 1 unspecified atom stereocenters. The van der Waals surface area contributed by atoms with Crippen molar-refractivity contribution in [3.8, 4) is 0 Å². The molecular weight excluding hydrogens is 312 g/mol. The molecule has 0 N–H and O–H groups in total. The van der Waals surface area contributed by atoms with Gasteiger partial charge in [-0.15, -0.1) is 0 Å². The van der Waals surface area contributed by atoms with Gasteiger partial charge in [0.15, 0.2) is 5.78 Å². The first kappa shape index (κ1) is 13.3. The van der Waals surface area contributed by atoms with E-state index in [9.17, 15) is 4.79 Å². The van der Waals surface area contributed by atoms with E-state index in [0.717, 1.165) is 22.0 Å². The van der Waals surface area contributed by atoms with Crippen molar-refractivity contribution in [2.24, 2.45) is 0 Å². The third kappa shape index (κ3) is 2.91. The zero-order chi connectivity index (χ0) is 13.9. The summed E-state index contributed by atoms with van der Waals surface area (Å²) in [5, 5.41) is 0.